The fourth-order valence-electron chi connectivity index (χ4n) is 3.55. The monoisotopic (exact) mass is 403 g/mol. The number of nitrogens with zero attached hydrogens (tertiary/aromatic N) is 4. The normalized spacial score (nSPS) is 23.8. The number of hydrogen-bond acceptors (Lipinski definition) is 5. The molecule has 0 spiro atoms. The Labute approximate surface area is 169 Å². The molecule has 1 aromatic heterocycles. The third-order valence-corrected chi connectivity index (χ3v) is 5.34. The van der Waals surface area contributed by atoms with Crippen LogP contribution in [0.3, 0.4) is 0 Å². The maximum absolute atomic E-state index is 12.5. The van der Waals surface area contributed by atoms with Crippen LogP contribution in [0.2, 0.25) is 0 Å². The van der Waals surface area contributed by atoms with Crippen LogP contribution >= 0.6 is 24.8 Å². The minimum atomic E-state index is 0. The summed E-state index contributed by atoms with van der Waals surface area (Å²) < 4.78 is 0. The zero-order valence-corrected chi connectivity index (χ0v) is 17.3. The summed E-state index contributed by atoms with van der Waals surface area (Å²) in [5, 5.41) is 3.43. The van der Waals surface area contributed by atoms with Gasteiger partial charge >= 0.3 is 0 Å². The smallest absolute Gasteiger partial charge is 0.224 e. The van der Waals surface area contributed by atoms with E-state index in [2.05, 4.69) is 40.0 Å². The Balaban J connectivity index is 0.00000169. The van der Waals surface area contributed by atoms with Crippen LogP contribution in [-0.4, -0.2) is 78.6 Å². The molecule has 1 aromatic rings. The minimum Gasteiger partial charge on any atom is -0.354 e. The molecule has 3 heterocycles. The first-order valence-electron chi connectivity index (χ1n) is 9.06. The van der Waals surface area contributed by atoms with Gasteiger partial charge in [-0.25, -0.2) is 4.98 Å². The van der Waals surface area contributed by atoms with E-state index >= 15 is 0 Å². The lowest BCUT2D eigenvalue weighted by Crippen LogP contribution is -2.57. The van der Waals surface area contributed by atoms with Crippen LogP contribution in [0.1, 0.15) is 20.3 Å². The van der Waals surface area contributed by atoms with Crippen molar-refractivity contribution in [1.29, 1.82) is 0 Å². The Hall–Kier alpha value is -1.08. The molecule has 2 aliphatic heterocycles. The number of aromatic nitrogens is 1. The van der Waals surface area contributed by atoms with Gasteiger partial charge in [0.1, 0.15) is 5.82 Å². The highest BCUT2D eigenvalue weighted by molar-refractivity contribution is 5.85. The van der Waals surface area contributed by atoms with Gasteiger partial charge in [-0.1, -0.05) is 6.07 Å². The van der Waals surface area contributed by atoms with Gasteiger partial charge < -0.3 is 15.1 Å². The van der Waals surface area contributed by atoms with Crippen LogP contribution in [0.25, 0.3) is 0 Å². The standard InChI is InChI=1S/C18H29N5O.2ClH/c1-15-16(2)23(10-8-19-15)18(24)6-9-21-11-13-22(14-12-21)17-5-3-4-7-20-17;;/h3-5,7,15-16,19H,6,8-14H2,1-2H3;2*1H. The molecular weight excluding hydrogens is 373 g/mol. The molecule has 8 heteroatoms. The number of halogens is 2. The molecule has 2 unspecified atom stereocenters. The first kappa shape index (κ1) is 23.0. The van der Waals surface area contributed by atoms with Crippen LogP contribution in [0.15, 0.2) is 24.4 Å². The lowest BCUT2D eigenvalue weighted by atomic mass is 10.1. The molecule has 0 aromatic carbocycles. The Morgan fingerprint density at radius 2 is 1.88 bits per heavy atom. The van der Waals surface area contributed by atoms with Crippen molar-refractivity contribution in [2.75, 3.05) is 50.7 Å². The van der Waals surface area contributed by atoms with Crippen molar-refractivity contribution in [1.82, 2.24) is 20.1 Å². The number of amides is 1. The van der Waals surface area contributed by atoms with Gasteiger partial charge in [0, 0.05) is 70.5 Å². The van der Waals surface area contributed by atoms with Gasteiger partial charge in [-0.3, -0.25) is 9.69 Å². The fourth-order valence-corrected chi connectivity index (χ4v) is 3.55. The summed E-state index contributed by atoms with van der Waals surface area (Å²) in [5.74, 6) is 1.35. The van der Waals surface area contributed by atoms with Crippen LogP contribution in [0.5, 0.6) is 0 Å². The summed E-state index contributed by atoms with van der Waals surface area (Å²) in [6.45, 7) is 10.8. The van der Waals surface area contributed by atoms with Crippen LogP contribution in [0, 0.1) is 0 Å². The Bertz CT molecular complexity index is 540. The maximum atomic E-state index is 12.5. The van der Waals surface area contributed by atoms with Crippen LogP contribution < -0.4 is 10.2 Å². The number of carbonyl (C=O) groups is 1. The molecule has 0 saturated carbocycles. The largest absolute Gasteiger partial charge is 0.354 e. The second kappa shape index (κ2) is 10.9. The highest BCUT2D eigenvalue weighted by Crippen LogP contribution is 2.14. The first-order chi connectivity index (χ1) is 11.6. The van der Waals surface area contributed by atoms with E-state index in [0.29, 0.717) is 18.4 Å². The number of nitrogens with one attached hydrogen (secondary N) is 1. The van der Waals surface area contributed by atoms with E-state index in [1.54, 1.807) is 0 Å². The number of anilines is 1. The molecule has 26 heavy (non-hydrogen) atoms. The number of rotatable bonds is 4. The average molecular weight is 404 g/mol. The first-order valence-corrected chi connectivity index (χ1v) is 9.06. The molecule has 0 bridgehead atoms. The van der Waals surface area contributed by atoms with Crippen molar-refractivity contribution in [3.05, 3.63) is 24.4 Å². The topological polar surface area (TPSA) is 51.7 Å². The maximum Gasteiger partial charge on any atom is 0.224 e. The molecule has 2 saturated heterocycles. The summed E-state index contributed by atoms with van der Waals surface area (Å²) in [5.41, 5.74) is 0. The Morgan fingerprint density at radius 3 is 2.54 bits per heavy atom. The summed E-state index contributed by atoms with van der Waals surface area (Å²) in [6.07, 6.45) is 2.47. The lowest BCUT2D eigenvalue weighted by molar-refractivity contribution is -0.135. The molecule has 148 valence electrons. The predicted molar refractivity (Wildman–Crippen MR) is 111 cm³/mol. The zero-order chi connectivity index (χ0) is 16.9. The molecule has 2 atom stereocenters. The summed E-state index contributed by atoms with van der Waals surface area (Å²) >= 11 is 0. The van der Waals surface area contributed by atoms with Gasteiger partial charge in [0.2, 0.25) is 5.91 Å². The number of hydrogen-bond donors (Lipinski definition) is 1. The predicted octanol–water partition coefficient (Wildman–Crippen LogP) is 1.65. The molecule has 2 aliphatic rings. The molecular formula is C18H31Cl2N5O. The average Bonchev–Trinajstić information content (AvgIpc) is 2.63. The van der Waals surface area contributed by atoms with Crippen molar-refractivity contribution < 1.29 is 4.79 Å². The van der Waals surface area contributed by atoms with Gasteiger partial charge in [0.15, 0.2) is 0 Å². The number of carbonyl (C=O) groups excluding carboxylic acids is 1. The molecule has 0 radical (unpaired) electrons. The van der Waals surface area contributed by atoms with Gasteiger partial charge in [0.25, 0.3) is 0 Å². The minimum absolute atomic E-state index is 0. The van der Waals surface area contributed by atoms with Crippen molar-refractivity contribution in [3.63, 3.8) is 0 Å². The van der Waals surface area contributed by atoms with Crippen LogP contribution in [-0.2, 0) is 4.79 Å². The van der Waals surface area contributed by atoms with E-state index in [1.165, 1.54) is 0 Å². The number of pyridine rings is 1. The van der Waals surface area contributed by atoms with Crippen molar-refractivity contribution >= 4 is 36.5 Å². The van der Waals surface area contributed by atoms with Crippen molar-refractivity contribution in [2.24, 2.45) is 0 Å². The summed E-state index contributed by atoms with van der Waals surface area (Å²) in [7, 11) is 0. The van der Waals surface area contributed by atoms with Crippen LogP contribution in [0.4, 0.5) is 5.82 Å². The zero-order valence-electron chi connectivity index (χ0n) is 15.6. The van der Waals surface area contributed by atoms with Gasteiger partial charge in [-0.2, -0.15) is 0 Å². The quantitative estimate of drug-likeness (QED) is 0.827. The fraction of sp³-hybridized carbons (Fsp3) is 0.667. The molecule has 6 nitrogen and oxygen atoms in total. The van der Waals surface area contributed by atoms with E-state index in [0.717, 1.165) is 51.6 Å². The SMILES string of the molecule is CC1NCCN(C(=O)CCN2CCN(c3ccccn3)CC2)C1C.Cl.Cl. The lowest BCUT2D eigenvalue weighted by Gasteiger charge is -2.39. The summed E-state index contributed by atoms with van der Waals surface area (Å²) in [6, 6.07) is 6.70. The van der Waals surface area contributed by atoms with E-state index in [1.807, 2.05) is 23.2 Å². The second-order valence-corrected chi connectivity index (χ2v) is 6.84. The van der Waals surface area contributed by atoms with E-state index < -0.39 is 0 Å². The Morgan fingerprint density at radius 1 is 1.15 bits per heavy atom. The van der Waals surface area contributed by atoms with Crippen molar-refractivity contribution in [3.8, 4) is 0 Å². The van der Waals surface area contributed by atoms with Gasteiger partial charge in [-0.05, 0) is 26.0 Å². The number of piperazine rings is 2. The van der Waals surface area contributed by atoms with E-state index in [4.69, 9.17) is 0 Å². The van der Waals surface area contributed by atoms with Gasteiger partial charge in [-0.15, -0.1) is 24.8 Å². The second-order valence-electron chi connectivity index (χ2n) is 6.84. The molecule has 3 rings (SSSR count). The van der Waals surface area contributed by atoms with E-state index in [-0.39, 0.29) is 30.9 Å². The van der Waals surface area contributed by atoms with Crippen molar-refractivity contribution in [2.45, 2.75) is 32.4 Å². The van der Waals surface area contributed by atoms with Gasteiger partial charge in [0.05, 0.1) is 0 Å². The third-order valence-electron chi connectivity index (χ3n) is 5.34. The Kier molecular flexibility index (Phi) is 9.64. The van der Waals surface area contributed by atoms with E-state index in [9.17, 15) is 4.79 Å². The molecule has 1 N–H and O–H groups in total. The molecule has 2 fully saturated rings. The molecule has 1 amide bonds. The summed E-state index contributed by atoms with van der Waals surface area (Å²) in [4.78, 5) is 23.7. The molecule has 0 aliphatic carbocycles. The highest BCUT2D eigenvalue weighted by atomic mass is 35.5. The highest BCUT2D eigenvalue weighted by Gasteiger charge is 2.28. The third kappa shape index (κ3) is 5.71.